The summed E-state index contributed by atoms with van der Waals surface area (Å²) >= 11 is 6.90. The molecule has 0 aliphatic heterocycles. The van der Waals surface area contributed by atoms with Gasteiger partial charge < -0.3 is 4.74 Å². The monoisotopic (exact) mass is 362 g/mol. The molecule has 7 nitrogen and oxygen atoms in total. The molecular weight excluding hydrogens is 352 g/mol. The van der Waals surface area contributed by atoms with E-state index in [0.717, 1.165) is 11.3 Å². The zero-order valence-electron chi connectivity index (χ0n) is 12.7. The zero-order chi connectivity index (χ0) is 17.3. The van der Waals surface area contributed by atoms with Crippen LogP contribution in [0.4, 0.5) is 11.4 Å². The lowest BCUT2D eigenvalue weighted by Gasteiger charge is -1.98. The highest BCUT2D eigenvalue weighted by Gasteiger charge is 2.16. The van der Waals surface area contributed by atoms with Crippen molar-refractivity contribution in [3.8, 4) is 0 Å². The fourth-order valence-electron chi connectivity index (χ4n) is 1.98. The van der Waals surface area contributed by atoms with Crippen molar-refractivity contribution in [2.24, 2.45) is 10.2 Å². The van der Waals surface area contributed by atoms with E-state index in [2.05, 4.69) is 20.1 Å². The minimum absolute atomic E-state index is 0.179. The van der Waals surface area contributed by atoms with Gasteiger partial charge in [0.2, 0.25) is 0 Å². The Morgan fingerprint density at radius 2 is 2.00 bits per heavy atom. The summed E-state index contributed by atoms with van der Waals surface area (Å²) in [6, 6.07) is 8.03. The second-order valence-corrected chi connectivity index (χ2v) is 6.23. The van der Waals surface area contributed by atoms with Crippen LogP contribution in [0.2, 0.25) is 5.02 Å². The highest BCUT2D eigenvalue weighted by molar-refractivity contribution is 7.19. The van der Waals surface area contributed by atoms with Gasteiger partial charge in [0.25, 0.3) is 5.56 Å². The number of aryl methyl sites for hydroxylation is 1. The van der Waals surface area contributed by atoms with E-state index in [1.807, 2.05) is 0 Å². The number of halogens is 1. The van der Waals surface area contributed by atoms with Crippen molar-refractivity contribution >= 4 is 45.1 Å². The van der Waals surface area contributed by atoms with E-state index in [4.69, 9.17) is 11.6 Å². The molecule has 0 radical (unpaired) electrons. The van der Waals surface area contributed by atoms with Crippen LogP contribution in [0, 0.1) is 6.92 Å². The number of rotatable bonds is 3. The fraction of sp³-hybridized carbons (Fsp3) is 0.133. The predicted molar refractivity (Wildman–Crippen MR) is 91.0 cm³/mol. The molecule has 0 aliphatic rings. The van der Waals surface area contributed by atoms with Crippen LogP contribution in [-0.2, 0) is 4.74 Å². The molecule has 2 aromatic heterocycles. The number of carbonyl (C=O) groups is 1. The molecule has 9 heteroatoms. The number of ether oxygens (including phenoxy) is 1. The average molecular weight is 363 g/mol. The van der Waals surface area contributed by atoms with Crippen molar-refractivity contribution in [2.75, 3.05) is 7.11 Å². The summed E-state index contributed by atoms with van der Waals surface area (Å²) in [5.41, 5.74) is 1.13. The SMILES string of the molecule is COC(=O)c1cc(=O)n2nc(C)c(N=Nc3ccc(Cl)cc3)c2s1. The van der Waals surface area contributed by atoms with E-state index in [0.29, 0.717) is 26.9 Å². The van der Waals surface area contributed by atoms with Gasteiger partial charge in [-0.15, -0.1) is 16.5 Å². The molecular formula is C15H11ClN4O3S. The smallest absolute Gasteiger partial charge is 0.348 e. The first-order chi connectivity index (χ1) is 11.5. The second kappa shape index (κ2) is 6.50. The van der Waals surface area contributed by atoms with Crippen LogP contribution < -0.4 is 5.56 Å². The van der Waals surface area contributed by atoms with Gasteiger partial charge in [-0.1, -0.05) is 11.6 Å². The lowest BCUT2D eigenvalue weighted by atomic mass is 10.3. The summed E-state index contributed by atoms with van der Waals surface area (Å²) in [7, 11) is 1.26. The average Bonchev–Trinajstić information content (AvgIpc) is 2.90. The summed E-state index contributed by atoms with van der Waals surface area (Å²) in [6.07, 6.45) is 0. The van der Waals surface area contributed by atoms with Gasteiger partial charge in [0.15, 0.2) is 4.83 Å². The van der Waals surface area contributed by atoms with E-state index in [-0.39, 0.29) is 4.88 Å². The molecule has 0 aliphatic carbocycles. The number of esters is 1. The quantitative estimate of drug-likeness (QED) is 0.522. The maximum absolute atomic E-state index is 12.1. The van der Waals surface area contributed by atoms with Crippen LogP contribution >= 0.6 is 22.9 Å². The molecule has 0 fully saturated rings. The molecule has 0 unspecified atom stereocenters. The largest absolute Gasteiger partial charge is 0.465 e. The lowest BCUT2D eigenvalue weighted by molar-refractivity contribution is 0.0606. The summed E-state index contributed by atoms with van der Waals surface area (Å²) in [5, 5.41) is 13.1. The maximum Gasteiger partial charge on any atom is 0.348 e. The number of fused-ring (bicyclic) bond motifs is 1. The Labute approximate surface area is 145 Å². The molecule has 3 rings (SSSR count). The molecule has 1 aromatic carbocycles. The minimum atomic E-state index is -0.584. The highest BCUT2D eigenvalue weighted by atomic mass is 35.5. The third-order valence-corrected chi connectivity index (χ3v) is 4.45. The van der Waals surface area contributed by atoms with Crippen molar-refractivity contribution in [1.29, 1.82) is 0 Å². The Kier molecular flexibility index (Phi) is 4.41. The van der Waals surface area contributed by atoms with E-state index >= 15 is 0 Å². The van der Waals surface area contributed by atoms with Crippen molar-refractivity contribution in [3.05, 3.63) is 56.3 Å². The van der Waals surface area contributed by atoms with Crippen LogP contribution in [-0.4, -0.2) is 22.7 Å². The first-order valence-corrected chi connectivity index (χ1v) is 7.98. The Balaban J connectivity index is 2.11. The summed E-state index contributed by atoms with van der Waals surface area (Å²) in [5.74, 6) is -0.584. The number of methoxy groups -OCH3 is 1. The Morgan fingerprint density at radius 3 is 2.67 bits per heavy atom. The van der Waals surface area contributed by atoms with E-state index in [9.17, 15) is 9.59 Å². The first kappa shape index (κ1) is 16.3. The third kappa shape index (κ3) is 3.06. The molecule has 0 bridgehead atoms. The first-order valence-electron chi connectivity index (χ1n) is 6.78. The van der Waals surface area contributed by atoms with Crippen molar-refractivity contribution < 1.29 is 9.53 Å². The second-order valence-electron chi connectivity index (χ2n) is 4.77. The van der Waals surface area contributed by atoms with Crippen LogP contribution in [0.25, 0.3) is 4.83 Å². The van der Waals surface area contributed by atoms with Gasteiger partial charge in [-0.05, 0) is 31.2 Å². The summed E-state index contributed by atoms with van der Waals surface area (Å²) in [4.78, 5) is 24.4. The van der Waals surface area contributed by atoms with Crippen molar-refractivity contribution in [3.63, 3.8) is 0 Å². The minimum Gasteiger partial charge on any atom is -0.465 e. The Morgan fingerprint density at radius 1 is 1.29 bits per heavy atom. The zero-order valence-corrected chi connectivity index (χ0v) is 14.3. The van der Waals surface area contributed by atoms with Gasteiger partial charge in [-0.3, -0.25) is 4.79 Å². The molecule has 122 valence electrons. The Bertz CT molecular complexity index is 1010. The van der Waals surface area contributed by atoms with Gasteiger partial charge in [-0.2, -0.15) is 14.7 Å². The Hall–Kier alpha value is -2.58. The normalized spacial score (nSPS) is 11.3. The molecule has 3 aromatic rings. The van der Waals surface area contributed by atoms with E-state index in [1.165, 1.54) is 17.7 Å². The summed E-state index contributed by atoms with van der Waals surface area (Å²) < 4.78 is 5.86. The van der Waals surface area contributed by atoms with Gasteiger partial charge in [-0.25, -0.2) is 4.79 Å². The van der Waals surface area contributed by atoms with Crippen LogP contribution in [0.15, 0.2) is 45.4 Å². The topological polar surface area (TPSA) is 85.4 Å². The third-order valence-electron chi connectivity index (χ3n) is 3.14. The van der Waals surface area contributed by atoms with Crippen molar-refractivity contribution in [2.45, 2.75) is 6.92 Å². The fourth-order valence-corrected chi connectivity index (χ4v) is 3.14. The number of carbonyl (C=O) groups excluding carboxylic acids is 1. The van der Waals surface area contributed by atoms with Gasteiger partial charge in [0.1, 0.15) is 10.6 Å². The highest BCUT2D eigenvalue weighted by Crippen LogP contribution is 2.30. The lowest BCUT2D eigenvalue weighted by Crippen LogP contribution is -2.14. The molecule has 0 atom stereocenters. The number of benzene rings is 1. The van der Waals surface area contributed by atoms with Crippen LogP contribution in [0.1, 0.15) is 15.4 Å². The molecule has 0 saturated carbocycles. The number of nitrogens with zero attached hydrogens (tertiary/aromatic N) is 4. The van der Waals surface area contributed by atoms with Gasteiger partial charge in [0.05, 0.1) is 18.5 Å². The summed E-state index contributed by atoms with van der Waals surface area (Å²) in [6.45, 7) is 1.72. The number of hydrogen-bond donors (Lipinski definition) is 0. The number of azo groups is 1. The maximum atomic E-state index is 12.1. The van der Waals surface area contributed by atoms with Crippen LogP contribution in [0.5, 0.6) is 0 Å². The van der Waals surface area contributed by atoms with Crippen LogP contribution in [0.3, 0.4) is 0 Å². The molecule has 0 amide bonds. The van der Waals surface area contributed by atoms with Gasteiger partial charge >= 0.3 is 5.97 Å². The number of aromatic nitrogens is 2. The molecule has 2 heterocycles. The van der Waals surface area contributed by atoms with E-state index in [1.54, 1.807) is 31.2 Å². The molecule has 0 saturated heterocycles. The number of hydrogen-bond acceptors (Lipinski definition) is 7. The standard InChI is InChI=1S/C15H11ClN4O3S/c1-8-13(18-17-10-5-3-9(16)4-6-10)14-20(19-8)12(21)7-11(24-14)15(22)23-2/h3-7H,1-2H3. The van der Waals surface area contributed by atoms with E-state index < -0.39 is 11.5 Å². The molecule has 24 heavy (non-hydrogen) atoms. The molecule has 0 spiro atoms. The van der Waals surface area contributed by atoms with Gasteiger partial charge in [0, 0.05) is 11.1 Å². The van der Waals surface area contributed by atoms with Crippen molar-refractivity contribution in [1.82, 2.24) is 9.61 Å². The molecule has 0 N–H and O–H groups in total. The predicted octanol–water partition coefficient (Wildman–Crippen LogP) is 3.92.